The summed E-state index contributed by atoms with van der Waals surface area (Å²) in [5.41, 5.74) is 2.04. The Kier molecular flexibility index (Phi) is 8.28. The van der Waals surface area contributed by atoms with Crippen LogP contribution in [0.1, 0.15) is 19.8 Å². The number of benzene rings is 3. The molecule has 1 atom stereocenters. The molecule has 6 nitrogen and oxygen atoms in total. The highest BCUT2D eigenvalue weighted by Gasteiger charge is 2.15. The lowest BCUT2D eigenvalue weighted by Crippen LogP contribution is -2.38. The van der Waals surface area contributed by atoms with Crippen LogP contribution in [-0.2, 0) is 0 Å². The Labute approximate surface area is 201 Å². The number of nitrogens with zero attached hydrogens (tertiary/aromatic N) is 1. The van der Waals surface area contributed by atoms with Crippen molar-refractivity contribution < 1.29 is 19.3 Å². The topological polar surface area (TPSA) is 67.0 Å². The molecule has 4 rings (SSSR count). The van der Waals surface area contributed by atoms with Crippen molar-refractivity contribution in [1.29, 1.82) is 0 Å². The quantitative estimate of drug-likeness (QED) is 0.284. The Morgan fingerprint density at radius 2 is 1.59 bits per heavy atom. The summed E-state index contributed by atoms with van der Waals surface area (Å²) in [5.74, 6) is 2.21. The highest BCUT2D eigenvalue weighted by molar-refractivity contribution is 6.09. The zero-order chi connectivity index (χ0) is 23.8. The zero-order valence-corrected chi connectivity index (χ0v) is 20.0. The van der Waals surface area contributed by atoms with Crippen molar-refractivity contribution in [3.05, 3.63) is 66.7 Å². The third-order valence-electron chi connectivity index (χ3n) is 5.97. The van der Waals surface area contributed by atoms with Gasteiger partial charge < -0.3 is 24.3 Å². The van der Waals surface area contributed by atoms with Crippen LogP contribution in [0.3, 0.4) is 0 Å². The molecule has 6 heteroatoms. The van der Waals surface area contributed by atoms with E-state index in [1.54, 1.807) is 7.11 Å². The molecule has 0 bridgehead atoms. The van der Waals surface area contributed by atoms with E-state index < -0.39 is 6.10 Å². The van der Waals surface area contributed by atoms with Crippen molar-refractivity contribution in [3.8, 4) is 17.2 Å². The zero-order valence-electron chi connectivity index (χ0n) is 20.0. The van der Waals surface area contributed by atoms with Crippen LogP contribution in [0.15, 0.2) is 66.7 Å². The lowest BCUT2D eigenvalue weighted by atomic mass is 10.1. The second-order valence-corrected chi connectivity index (χ2v) is 8.47. The number of hydrogen-bond donors (Lipinski definition) is 2. The molecule has 0 aliphatic heterocycles. The number of rotatable bonds is 13. The predicted octanol–water partition coefficient (Wildman–Crippen LogP) is 5.25. The molecule has 1 aromatic heterocycles. The number of nitrogens with one attached hydrogen (secondary N) is 1. The number of H-pyrrole nitrogens is 1. The van der Waals surface area contributed by atoms with Crippen LogP contribution in [0.25, 0.3) is 21.8 Å². The Morgan fingerprint density at radius 1 is 0.853 bits per heavy atom. The highest BCUT2D eigenvalue weighted by Crippen LogP contribution is 2.31. The lowest BCUT2D eigenvalue weighted by Gasteiger charge is -2.25. The number of aromatic amines is 1. The second-order valence-electron chi connectivity index (χ2n) is 8.47. The van der Waals surface area contributed by atoms with Crippen molar-refractivity contribution >= 4 is 21.8 Å². The molecule has 0 aliphatic rings. The van der Waals surface area contributed by atoms with Crippen molar-refractivity contribution in [2.75, 3.05) is 40.0 Å². The third-order valence-corrected chi connectivity index (χ3v) is 5.97. The van der Waals surface area contributed by atoms with Gasteiger partial charge in [0.05, 0.1) is 12.6 Å². The monoisotopic (exact) mass is 462 g/mol. The summed E-state index contributed by atoms with van der Waals surface area (Å²) >= 11 is 0. The summed E-state index contributed by atoms with van der Waals surface area (Å²) in [4.78, 5) is 5.68. The maximum atomic E-state index is 10.8. The molecular formula is C28H34N2O4. The Hall–Kier alpha value is -3.22. The Morgan fingerprint density at radius 3 is 2.41 bits per heavy atom. The van der Waals surface area contributed by atoms with E-state index in [0.717, 1.165) is 53.1 Å². The van der Waals surface area contributed by atoms with E-state index in [2.05, 4.69) is 35.0 Å². The Balaban J connectivity index is 1.34. The predicted molar refractivity (Wildman–Crippen MR) is 137 cm³/mol. The van der Waals surface area contributed by atoms with Gasteiger partial charge in [0.1, 0.15) is 25.1 Å². The van der Waals surface area contributed by atoms with Gasteiger partial charge in [0.25, 0.3) is 0 Å². The van der Waals surface area contributed by atoms with Gasteiger partial charge in [0.15, 0.2) is 11.5 Å². The summed E-state index contributed by atoms with van der Waals surface area (Å²) in [6.45, 7) is 5.06. The van der Waals surface area contributed by atoms with Gasteiger partial charge in [-0.25, -0.2) is 0 Å². The number of aliphatic hydroxyl groups is 1. The van der Waals surface area contributed by atoms with Crippen LogP contribution in [0, 0.1) is 0 Å². The van der Waals surface area contributed by atoms with Gasteiger partial charge in [-0.3, -0.25) is 4.90 Å². The average molecular weight is 463 g/mol. The van der Waals surface area contributed by atoms with Crippen molar-refractivity contribution in [3.63, 3.8) is 0 Å². The molecule has 0 radical (unpaired) electrons. The molecule has 1 unspecified atom stereocenters. The summed E-state index contributed by atoms with van der Waals surface area (Å²) < 4.78 is 17.4. The minimum atomic E-state index is -0.609. The molecule has 0 spiro atoms. The SMILES string of the molecule is CCCCN(CCOc1ccccc1OC)CC(O)COc1cccc2c1[nH]c1ccccc12. The van der Waals surface area contributed by atoms with Gasteiger partial charge in [0, 0.05) is 29.4 Å². The van der Waals surface area contributed by atoms with Crippen LogP contribution in [0.4, 0.5) is 0 Å². The number of ether oxygens (including phenoxy) is 3. The number of fused-ring (bicyclic) bond motifs is 3. The summed E-state index contributed by atoms with van der Waals surface area (Å²) in [6, 6.07) is 21.9. The number of aromatic nitrogens is 1. The molecule has 34 heavy (non-hydrogen) atoms. The van der Waals surface area contributed by atoms with Crippen LogP contribution in [0.5, 0.6) is 17.2 Å². The summed E-state index contributed by atoms with van der Waals surface area (Å²) in [5, 5.41) is 13.0. The van der Waals surface area contributed by atoms with Crippen LogP contribution in [-0.4, -0.2) is 61.1 Å². The molecule has 2 N–H and O–H groups in total. The number of aliphatic hydroxyl groups excluding tert-OH is 1. The molecule has 1 heterocycles. The van der Waals surface area contributed by atoms with E-state index in [9.17, 15) is 5.11 Å². The van der Waals surface area contributed by atoms with E-state index in [1.807, 2.05) is 48.5 Å². The third kappa shape index (κ3) is 5.82. The van der Waals surface area contributed by atoms with Gasteiger partial charge in [-0.2, -0.15) is 0 Å². The molecule has 0 fully saturated rings. The molecule has 4 aromatic rings. The smallest absolute Gasteiger partial charge is 0.161 e. The highest BCUT2D eigenvalue weighted by atomic mass is 16.5. The standard InChI is InChI=1S/C28H34N2O4/c1-3-4-16-30(17-18-33-26-14-8-7-13-25(26)32-2)19-21(31)20-34-27-15-9-11-23-22-10-5-6-12-24(22)29-28(23)27/h5-15,21,29,31H,3-4,16-20H2,1-2H3. The first-order valence-corrected chi connectivity index (χ1v) is 12.0. The minimum Gasteiger partial charge on any atom is -0.493 e. The molecule has 0 amide bonds. The van der Waals surface area contributed by atoms with Gasteiger partial charge in [-0.1, -0.05) is 55.8 Å². The average Bonchev–Trinajstić information content (AvgIpc) is 3.25. The summed E-state index contributed by atoms with van der Waals surface area (Å²) in [7, 11) is 1.64. The van der Waals surface area contributed by atoms with Crippen LogP contribution < -0.4 is 14.2 Å². The number of methoxy groups -OCH3 is 1. The first-order valence-electron chi connectivity index (χ1n) is 12.0. The molecule has 3 aromatic carbocycles. The van der Waals surface area contributed by atoms with Gasteiger partial charge in [-0.05, 0) is 37.2 Å². The lowest BCUT2D eigenvalue weighted by molar-refractivity contribution is 0.0630. The van der Waals surface area contributed by atoms with E-state index in [1.165, 1.54) is 5.39 Å². The van der Waals surface area contributed by atoms with Crippen molar-refractivity contribution in [2.24, 2.45) is 0 Å². The second kappa shape index (κ2) is 11.8. The fraction of sp³-hybridized carbons (Fsp3) is 0.357. The molecule has 0 saturated heterocycles. The normalized spacial score (nSPS) is 12.4. The fourth-order valence-corrected chi connectivity index (χ4v) is 4.20. The maximum Gasteiger partial charge on any atom is 0.161 e. The van der Waals surface area contributed by atoms with Crippen LogP contribution in [0.2, 0.25) is 0 Å². The van der Waals surface area contributed by atoms with Crippen LogP contribution >= 0.6 is 0 Å². The number of hydrogen-bond acceptors (Lipinski definition) is 5. The molecule has 180 valence electrons. The molecule has 0 aliphatic carbocycles. The van der Waals surface area contributed by atoms with Crippen molar-refractivity contribution in [2.45, 2.75) is 25.9 Å². The first-order chi connectivity index (χ1) is 16.7. The fourth-order valence-electron chi connectivity index (χ4n) is 4.20. The van der Waals surface area contributed by atoms with E-state index in [0.29, 0.717) is 19.7 Å². The number of para-hydroxylation sites is 4. The largest absolute Gasteiger partial charge is 0.493 e. The van der Waals surface area contributed by atoms with E-state index in [4.69, 9.17) is 14.2 Å². The first kappa shape index (κ1) is 23.9. The van der Waals surface area contributed by atoms with Gasteiger partial charge >= 0.3 is 0 Å². The van der Waals surface area contributed by atoms with Crippen molar-refractivity contribution in [1.82, 2.24) is 9.88 Å². The number of unbranched alkanes of at least 4 members (excludes halogenated alkanes) is 1. The Bertz CT molecular complexity index is 1190. The van der Waals surface area contributed by atoms with E-state index in [-0.39, 0.29) is 6.61 Å². The molecular weight excluding hydrogens is 428 g/mol. The van der Waals surface area contributed by atoms with Gasteiger partial charge in [0.2, 0.25) is 0 Å². The maximum absolute atomic E-state index is 10.8. The summed E-state index contributed by atoms with van der Waals surface area (Å²) in [6.07, 6.45) is 1.55. The minimum absolute atomic E-state index is 0.227. The molecule has 0 saturated carbocycles. The van der Waals surface area contributed by atoms with Gasteiger partial charge in [-0.15, -0.1) is 0 Å². The van der Waals surface area contributed by atoms with E-state index >= 15 is 0 Å².